The fourth-order valence-corrected chi connectivity index (χ4v) is 9.92. The van der Waals surface area contributed by atoms with E-state index in [1.54, 1.807) is 6.07 Å². The van der Waals surface area contributed by atoms with Crippen molar-refractivity contribution in [1.82, 2.24) is 14.5 Å². The zero-order valence-electron chi connectivity index (χ0n) is 42.6. The fourth-order valence-electron chi connectivity index (χ4n) is 8.51. The Hall–Kier alpha value is -5.91. The minimum absolute atomic E-state index is 0. The van der Waals surface area contributed by atoms with Gasteiger partial charge in [-0.25, -0.2) is 0 Å². The van der Waals surface area contributed by atoms with Gasteiger partial charge in [-0.05, 0) is 57.7 Å². The van der Waals surface area contributed by atoms with Crippen LogP contribution in [0.2, 0.25) is 19.6 Å². The monoisotopic (exact) mass is 1040 g/mol. The van der Waals surface area contributed by atoms with Crippen molar-refractivity contribution in [3.8, 4) is 39.5 Å². The van der Waals surface area contributed by atoms with Crippen molar-refractivity contribution in [1.29, 1.82) is 0 Å². The summed E-state index contributed by atoms with van der Waals surface area (Å²) in [6.07, 6.45) is 0.332. The molecule has 3 aromatic heterocycles. The van der Waals surface area contributed by atoms with Crippen molar-refractivity contribution < 1.29 is 31.4 Å². The number of pyridine rings is 1. The van der Waals surface area contributed by atoms with Crippen molar-refractivity contribution in [2.75, 3.05) is 0 Å². The van der Waals surface area contributed by atoms with Crippen LogP contribution in [0, 0.1) is 24.9 Å². The molecule has 0 aliphatic carbocycles. The van der Waals surface area contributed by atoms with E-state index in [4.69, 9.17) is 16.3 Å². The van der Waals surface area contributed by atoms with E-state index in [2.05, 4.69) is 138 Å². The molecule has 64 heavy (non-hydrogen) atoms. The van der Waals surface area contributed by atoms with E-state index in [1.807, 2.05) is 83.3 Å². The van der Waals surface area contributed by atoms with E-state index in [9.17, 15) is 0 Å². The van der Waals surface area contributed by atoms with Crippen LogP contribution in [-0.2, 0) is 31.9 Å². The summed E-state index contributed by atoms with van der Waals surface area (Å²) in [7, 11) is -1.82. The number of hydrogen-bond acceptors (Lipinski definition) is 3. The first-order chi connectivity index (χ1) is 32.2. The van der Waals surface area contributed by atoms with Gasteiger partial charge >= 0.3 is 0 Å². The third-order valence-corrected chi connectivity index (χ3v) is 13.5. The first-order valence-corrected chi connectivity index (χ1v) is 25.2. The van der Waals surface area contributed by atoms with Crippen molar-refractivity contribution in [2.24, 2.45) is 5.92 Å². The Bertz CT molecular complexity index is 3490. The molecule has 3 heterocycles. The number of para-hydroxylation sites is 3. The van der Waals surface area contributed by atoms with Crippen molar-refractivity contribution >= 4 is 57.0 Å². The van der Waals surface area contributed by atoms with E-state index in [0.717, 1.165) is 77.3 Å². The quantitative estimate of drug-likeness (QED) is 0.118. The van der Waals surface area contributed by atoms with Crippen LogP contribution in [0.5, 0.6) is 0 Å². The zero-order chi connectivity index (χ0) is 48.3. The van der Waals surface area contributed by atoms with E-state index in [1.165, 1.54) is 5.39 Å². The first kappa shape index (κ1) is 38.5. The van der Waals surface area contributed by atoms with Crippen molar-refractivity contribution in [2.45, 2.75) is 72.9 Å². The van der Waals surface area contributed by atoms with Gasteiger partial charge in [0.2, 0.25) is 0 Å². The topological polar surface area (TPSA) is 43.9 Å². The molecule has 0 saturated heterocycles. The number of fused-ring (bicyclic) bond motifs is 5. The van der Waals surface area contributed by atoms with E-state index in [-0.39, 0.29) is 31.4 Å². The van der Waals surface area contributed by atoms with Crippen molar-refractivity contribution in [3.05, 3.63) is 181 Å². The Balaban J connectivity index is 0.000000190. The largest absolute Gasteiger partial charge is 0.501 e. The van der Waals surface area contributed by atoms with Gasteiger partial charge < -0.3 is 14.0 Å². The van der Waals surface area contributed by atoms with E-state index in [0.29, 0.717) is 22.4 Å². The zero-order valence-corrected chi connectivity index (χ0v) is 41.0. The number of furan rings is 1. The third-order valence-electron chi connectivity index (χ3n) is 11.5. The second-order valence-electron chi connectivity index (χ2n) is 18.6. The summed E-state index contributed by atoms with van der Waals surface area (Å²) >= 11 is 0. The Kier molecular flexibility index (Phi) is 10.8. The maximum absolute atomic E-state index is 8.74. The van der Waals surface area contributed by atoms with Gasteiger partial charge in [-0.15, -0.1) is 53.1 Å². The second-order valence-corrected chi connectivity index (χ2v) is 23.6. The smallest absolute Gasteiger partial charge is 0.120 e. The Morgan fingerprint density at radius 3 is 2.27 bits per heavy atom. The van der Waals surface area contributed by atoms with Crippen LogP contribution in [0.4, 0.5) is 0 Å². The van der Waals surface area contributed by atoms with Gasteiger partial charge in [0.1, 0.15) is 5.58 Å². The van der Waals surface area contributed by atoms with E-state index >= 15 is 0 Å². The van der Waals surface area contributed by atoms with Gasteiger partial charge in [-0.1, -0.05) is 181 Å². The van der Waals surface area contributed by atoms with Crippen LogP contribution in [-0.4, -0.2) is 22.6 Å². The predicted octanol–water partition coefficient (Wildman–Crippen LogP) is 15.1. The average molecular weight is 1040 g/mol. The predicted molar refractivity (Wildman–Crippen MR) is 269 cm³/mol. The molecule has 10 aromatic rings. The van der Waals surface area contributed by atoms with Gasteiger partial charge in [-0.3, -0.25) is 4.98 Å². The summed E-state index contributed by atoms with van der Waals surface area (Å²) < 4.78 is 49.8. The maximum atomic E-state index is 8.74. The van der Waals surface area contributed by atoms with Crippen LogP contribution in [0.25, 0.3) is 83.2 Å². The second kappa shape index (κ2) is 17.9. The number of imidazole rings is 1. The average Bonchev–Trinajstić information content (AvgIpc) is 3.89. The van der Waals surface area contributed by atoms with Gasteiger partial charge in [-0.2, -0.15) is 0 Å². The molecule has 0 saturated carbocycles. The van der Waals surface area contributed by atoms with Crippen LogP contribution < -0.4 is 5.19 Å². The third kappa shape index (κ3) is 8.67. The van der Waals surface area contributed by atoms with Gasteiger partial charge in [0.25, 0.3) is 0 Å². The molecule has 0 spiro atoms. The van der Waals surface area contributed by atoms with Gasteiger partial charge in [0.15, 0.2) is 0 Å². The Morgan fingerprint density at radius 1 is 0.797 bits per heavy atom. The number of rotatable bonds is 7. The number of nitrogens with zero attached hydrogens (tertiary/aromatic N) is 3. The molecule has 0 bridgehead atoms. The number of aromatic nitrogens is 3. The molecule has 6 heteroatoms. The summed E-state index contributed by atoms with van der Waals surface area (Å²) in [5.74, 6) is 0.624. The molecule has 7 aromatic carbocycles. The molecular weight excluding hydrogens is 975 g/mol. The van der Waals surface area contributed by atoms with Crippen LogP contribution in [0.1, 0.15) is 58.2 Å². The molecular formula is C58H55IrN3OSi-2. The molecule has 0 atom stereocenters. The molecule has 4 nitrogen and oxygen atoms in total. The number of benzene rings is 7. The molecule has 0 fully saturated rings. The summed E-state index contributed by atoms with van der Waals surface area (Å²) in [6.45, 7) is 14.1. The molecule has 0 amide bonds. The minimum atomic E-state index is -2.22. The fraction of sp³-hybridized carbons (Fsp3) is 0.207. The van der Waals surface area contributed by atoms with Crippen LogP contribution in [0.15, 0.2) is 156 Å². The van der Waals surface area contributed by atoms with Gasteiger partial charge in [0.05, 0.1) is 36.2 Å². The normalized spacial score (nSPS) is 13.5. The molecule has 323 valence electrons. The summed E-state index contributed by atoms with van der Waals surface area (Å²) in [4.78, 5) is 9.85. The van der Waals surface area contributed by atoms with E-state index < -0.39 is 21.3 Å². The SMILES string of the molecule is [2H]C([2H])([2H])c1c[c-]c(-c2cc(C([2H])([2H])C(C)C)c([Si](C)(C)C)cn2)cc1C(C)(C)C.[Ir].[c-]1ccc2c(oc3ccccc32)c1-c1nc2ccccc2n1-c1c(-c2ccccc2)ccc2ccccc12. The van der Waals surface area contributed by atoms with Crippen LogP contribution in [0.3, 0.4) is 0 Å². The Morgan fingerprint density at radius 2 is 1.52 bits per heavy atom. The summed E-state index contributed by atoms with van der Waals surface area (Å²) in [6, 6.07) is 55.9. The Labute approximate surface area is 399 Å². The molecule has 0 aliphatic rings. The molecule has 10 rings (SSSR count). The maximum Gasteiger partial charge on any atom is 0.120 e. The summed E-state index contributed by atoms with van der Waals surface area (Å²) in [5, 5.41) is 5.51. The minimum Gasteiger partial charge on any atom is -0.501 e. The molecule has 0 N–H and O–H groups in total. The molecule has 1 radical (unpaired) electrons. The number of hydrogen-bond donors (Lipinski definition) is 0. The van der Waals surface area contributed by atoms with Crippen molar-refractivity contribution in [3.63, 3.8) is 0 Å². The summed E-state index contributed by atoms with van der Waals surface area (Å²) in [5.41, 5.74) is 10.6. The standard InChI is InChI=1S/C35H21N2O.C23H34NSi.Ir/c1-2-11-23(12-3-1)26-22-21-24-13-4-5-14-25(24)33(26)37-31-19-8-7-18-30(31)36-35(37)29-17-10-16-28-27-15-6-9-20-32(27)38-34(28)29;1-16(2)12-19-14-21(24-15-22(19)25(7,8)9)18-11-10-17(3)20(13-18)23(4,5)6;/h1-16,18-22H;10,13-16H,12H2,1-9H3;/q2*-1;/i;3D3,12D2;. The molecule has 0 unspecified atom stereocenters. The number of aryl methyl sites for hydroxylation is 1. The first-order valence-electron chi connectivity index (χ1n) is 24.2. The molecule has 0 aliphatic heterocycles. The van der Waals surface area contributed by atoms with Crippen LogP contribution >= 0.6 is 0 Å². The van der Waals surface area contributed by atoms with Gasteiger partial charge in [0, 0.05) is 49.5 Å².